The number of carbonyl (C=O) groups is 1. The van der Waals surface area contributed by atoms with Crippen LogP contribution in [0.15, 0.2) is 54.7 Å². The Morgan fingerprint density at radius 2 is 2.00 bits per heavy atom. The van der Waals surface area contributed by atoms with Gasteiger partial charge in [0.1, 0.15) is 5.75 Å². The second-order valence-electron chi connectivity index (χ2n) is 5.55. The first-order valence-electron chi connectivity index (χ1n) is 7.89. The number of nitro groups is 1. The number of non-ortho nitro benzene ring substituents is 1. The number of nitro benzene ring substituents is 1. The molecule has 138 valence electrons. The average Bonchev–Trinajstić information content (AvgIpc) is 3.15. The summed E-state index contributed by atoms with van der Waals surface area (Å²) in [7, 11) is 1.60. The zero-order valence-electron chi connectivity index (χ0n) is 14.3. The van der Waals surface area contributed by atoms with Gasteiger partial charge in [-0.05, 0) is 36.4 Å². The first-order chi connectivity index (χ1) is 13.0. The van der Waals surface area contributed by atoms with Crippen molar-refractivity contribution in [2.75, 3.05) is 7.11 Å². The summed E-state index contributed by atoms with van der Waals surface area (Å²) in [5, 5.41) is 17.8. The van der Waals surface area contributed by atoms with Crippen molar-refractivity contribution >= 4 is 23.2 Å². The van der Waals surface area contributed by atoms with Gasteiger partial charge in [0, 0.05) is 18.3 Å². The molecule has 0 spiro atoms. The van der Waals surface area contributed by atoms with E-state index in [4.69, 9.17) is 16.3 Å². The van der Waals surface area contributed by atoms with Crippen molar-refractivity contribution in [2.24, 2.45) is 0 Å². The highest BCUT2D eigenvalue weighted by molar-refractivity contribution is 6.34. The van der Waals surface area contributed by atoms with E-state index in [1.165, 1.54) is 12.1 Å². The molecule has 0 radical (unpaired) electrons. The molecule has 1 aromatic heterocycles. The summed E-state index contributed by atoms with van der Waals surface area (Å²) in [6.45, 7) is 0.190. The van der Waals surface area contributed by atoms with Crippen molar-refractivity contribution in [3.63, 3.8) is 0 Å². The average molecular weight is 387 g/mol. The Bertz CT molecular complexity index is 985. The molecule has 0 aliphatic heterocycles. The second-order valence-corrected chi connectivity index (χ2v) is 5.96. The van der Waals surface area contributed by atoms with E-state index in [0.29, 0.717) is 5.69 Å². The van der Waals surface area contributed by atoms with Crippen LogP contribution >= 0.6 is 11.6 Å². The van der Waals surface area contributed by atoms with Crippen molar-refractivity contribution in [1.82, 2.24) is 15.1 Å². The lowest BCUT2D eigenvalue weighted by molar-refractivity contribution is -0.384. The fraction of sp³-hybridized carbons (Fsp3) is 0.111. The van der Waals surface area contributed by atoms with Gasteiger partial charge in [-0.15, -0.1) is 0 Å². The number of nitrogens with zero attached hydrogens (tertiary/aromatic N) is 3. The molecule has 0 unspecified atom stereocenters. The lowest BCUT2D eigenvalue weighted by atomic mass is 10.2. The lowest BCUT2D eigenvalue weighted by Crippen LogP contribution is -2.23. The fourth-order valence-corrected chi connectivity index (χ4v) is 2.66. The molecule has 2 aromatic carbocycles. The number of amides is 1. The number of ether oxygens (including phenoxy) is 1. The van der Waals surface area contributed by atoms with E-state index in [-0.39, 0.29) is 22.8 Å². The van der Waals surface area contributed by atoms with Crippen LogP contribution in [0.2, 0.25) is 5.02 Å². The van der Waals surface area contributed by atoms with Gasteiger partial charge in [0.15, 0.2) is 0 Å². The van der Waals surface area contributed by atoms with Crippen molar-refractivity contribution in [3.8, 4) is 11.4 Å². The number of halogens is 1. The third-order valence-corrected chi connectivity index (χ3v) is 4.13. The minimum absolute atomic E-state index is 0.0189. The zero-order valence-corrected chi connectivity index (χ0v) is 15.0. The largest absolute Gasteiger partial charge is 0.497 e. The predicted octanol–water partition coefficient (Wildman–Crippen LogP) is 3.37. The minimum Gasteiger partial charge on any atom is -0.497 e. The van der Waals surface area contributed by atoms with Gasteiger partial charge in [-0.3, -0.25) is 14.9 Å². The topological polar surface area (TPSA) is 99.3 Å². The molecule has 8 nitrogen and oxygen atoms in total. The number of nitrogens with one attached hydrogen (secondary N) is 1. The first kappa shape index (κ1) is 18.4. The molecule has 0 aliphatic rings. The first-order valence-corrected chi connectivity index (χ1v) is 8.27. The second kappa shape index (κ2) is 7.88. The monoisotopic (exact) mass is 386 g/mol. The summed E-state index contributed by atoms with van der Waals surface area (Å²) in [5.74, 6) is 0.312. The van der Waals surface area contributed by atoms with E-state index >= 15 is 0 Å². The molecule has 0 atom stereocenters. The van der Waals surface area contributed by atoms with Crippen LogP contribution in [0.1, 0.15) is 16.1 Å². The highest BCUT2D eigenvalue weighted by Gasteiger charge is 2.15. The Kier molecular flexibility index (Phi) is 5.37. The Morgan fingerprint density at radius 1 is 1.26 bits per heavy atom. The van der Waals surface area contributed by atoms with Crippen molar-refractivity contribution < 1.29 is 14.5 Å². The number of methoxy groups -OCH3 is 1. The molecule has 0 bridgehead atoms. The van der Waals surface area contributed by atoms with Crippen LogP contribution in [0, 0.1) is 10.1 Å². The lowest BCUT2D eigenvalue weighted by Gasteiger charge is -2.06. The van der Waals surface area contributed by atoms with Crippen LogP contribution in [0.5, 0.6) is 5.75 Å². The Labute approximate surface area is 159 Å². The molecule has 0 saturated heterocycles. The summed E-state index contributed by atoms with van der Waals surface area (Å²) in [4.78, 5) is 22.4. The number of rotatable bonds is 6. The summed E-state index contributed by atoms with van der Waals surface area (Å²) in [5.41, 5.74) is 1.50. The predicted molar refractivity (Wildman–Crippen MR) is 99.4 cm³/mol. The maximum absolute atomic E-state index is 12.3. The summed E-state index contributed by atoms with van der Waals surface area (Å²) < 4.78 is 6.80. The zero-order chi connectivity index (χ0) is 19.4. The number of hydrogen-bond acceptors (Lipinski definition) is 5. The molecular weight excluding hydrogens is 372 g/mol. The third-order valence-electron chi connectivity index (χ3n) is 3.82. The van der Waals surface area contributed by atoms with Gasteiger partial charge in [-0.25, -0.2) is 4.68 Å². The fourth-order valence-electron chi connectivity index (χ4n) is 2.40. The Hall–Kier alpha value is -3.39. The smallest absolute Gasteiger partial charge is 0.270 e. The number of hydrogen-bond donors (Lipinski definition) is 1. The van der Waals surface area contributed by atoms with Crippen LogP contribution in [0.25, 0.3) is 5.69 Å². The van der Waals surface area contributed by atoms with Crippen LogP contribution in [0.3, 0.4) is 0 Å². The number of benzene rings is 2. The van der Waals surface area contributed by atoms with E-state index in [1.807, 2.05) is 24.3 Å². The molecule has 0 aliphatic carbocycles. The van der Waals surface area contributed by atoms with Crippen molar-refractivity contribution in [1.29, 1.82) is 0 Å². The van der Waals surface area contributed by atoms with E-state index in [1.54, 1.807) is 24.1 Å². The standard InChI is InChI=1S/C18H15ClN4O4/c1-27-15-5-2-13(3-6-15)22-9-8-12(21-22)11-20-18(24)16-7-4-14(23(25)26)10-17(16)19/h2-10H,11H2,1H3,(H,20,24). The quantitative estimate of drug-likeness (QED) is 0.517. The van der Waals surface area contributed by atoms with Gasteiger partial charge < -0.3 is 10.1 Å². The van der Waals surface area contributed by atoms with Gasteiger partial charge in [0.2, 0.25) is 0 Å². The maximum atomic E-state index is 12.3. The van der Waals surface area contributed by atoms with Gasteiger partial charge in [-0.2, -0.15) is 5.10 Å². The van der Waals surface area contributed by atoms with Crippen LogP contribution in [0.4, 0.5) is 5.69 Å². The molecule has 1 amide bonds. The third kappa shape index (κ3) is 4.24. The van der Waals surface area contributed by atoms with Crippen LogP contribution in [-0.2, 0) is 6.54 Å². The van der Waals surface area contributed by atoms with E-state index in [2.05, 4.69) is 10.4 Å². The molecule has 3 rings (SSSR count). The Balaban J connectivity index is 1.66. The van der Waals surface area contributed by atoms with Crippen LogP contribution in [-0.4, -0.2) is 27.7 Å². The molecule has 3 aromatic rings. The molecule has 0 saturated carbocycles. The summed E-state index contributed by atoms with van der Waals surface area (Å²) in [6.07, 6.45) is 1.78. The molecule has 27 heavy (non-hydrogen) atoms. The highest BCUT2D eigenvalue weighted by atomic mass is 35.5. The summed E-state index contributed by atoms with van der Waals surface area (Å²) >= 11 is 5.96. The van der Waals surface area contributed by atoms with Gasteiger partial charge in [-0.1, -0.05) is 11.6 Å². The minimum atomic E-state index is -0.570. The van der Waals surface area contributed by atoms with Crippen molar-refractivity contribution in [3.05, 3.63) is 81.1 Å². The van der Waals surface area contributed by atoms with E-state index in [9.17, 15) is 14.9 Å². The number of carbonyl (C=O) groups excluding carboxylic acids is 1. The molecular formula is C18H15ClN4O4. The molecule has 1 heterocycles. The van der Waals surface area contributed by atoms with E-state index in [0.717, 1.165) is 17.5 Å². The van der Waals surface area contributed by atoms with Gasteiger partial charge >= 0.3 is 0 Å². The van der Waals surface area contributed by atoms with Gasteiger partial charge in [0.05, 0.1) is 40.5 Å². The summed E-state index contributed by atoms with van der Waals surface area (Å²) in [6, 6.07) is 12.9. The van der Waals surface area contributed by atoms with Gasteiger partial charge in [0.25, 0.3) is 11.6 Å². The molecule has 0 fully saturated rings. The SMILES string of the molecule is COc1ccc(-n2ccc(CNC(=O)c3ccc([N+](=O)[O-])cc3Cl)n2)cc1. The maximum Gasteiger partial charge on any atom is 0.270 e. The number of aromatic nitrogens is 2. The molecule has 9 heteroatoms. The molecule has 1 N–H and O–H groups in total. The Morgan fingerprint density at radius 3 is 2.63 bits per heavy atom. The highest BCUT2D eigenvalue weighted by Crippen LogP contribution is 2.22. The van der Waals surface area contributed by atoms with Crippen LogP contribution < -0.4 is 10.1 Å². The van der Waals surface area contributed by atoms with E-state index < -0.39 is 10.8 Å². The normalized spacial score (nSPS) is 10.4. The van der Waals surface area contributed by atoms with Crippen molar-refractivity contribution in [2.45, 2.75) is 6.54 Å².